The van der Waals surface area contributed by atoms with E-state index in [1.165, 1.54) is 12.8 Å². The number of hydrogen-bond acceptors (Lipinski definition) is 3. The number of hydrogen-bond donors (Lipinski definition) is 2. The molecule has 2 aliphatic heterocycles. The molecule has 2 N–H and O–H groups in total. The molecule has 0 aliphatic carbocycles. The van der Waals surface area contributed by atoms with Crippen LogP contribution in [0.1, 0.15) is 26.2 Å². The fourth-order valence-electron chi connectivity index (χ4n) is 2.49. The van der Waals surface area contributed by atoms with E-state index < -0.39 is 0 Å². The Bertz CT molecular complexity index is 300. The van der Waals surface area contributed by atoms with E-state index in [0.717, 1.165) is 13.1 Å². The third-order valence-electron chi connectivity index (χ3n) is 3.68. The van der Waals surface area contributed by atoms with Crippen molar-refractivity contribution in [2.45, 2.75) is 32.2 Å². The minimum atomic E-state index is -0.173. The molecule has 0 aromatic rings. The fourth-order valence-corrected chi connectivity index (χ4v) is 2.49. The highest BCUT2D eigenvalue weighted by atomic mass is 16.2. The van der Waals surface area contributed by atoms with E-state index in [9.17, 15) is 9.59 Å². The Hall–Kier alpha value is -1.10. The predicted octanol–water partition coefficient (Wildman–Crippen LogP) is -0.277. The van der Waals surface area contributed by atoms with Crippen molar-refractivity contribution in [2.75, 3.05) is 26.2 Å². The zero-order chi connectivity index (χ0) is 12.3. The first-order valence-electron chi connectivity index (χ1n) is 6.45. The smallest absolute Gasteiger partial charge is 0.225 e. The van der Waals surface area contributed by atoms with Crippen molar-refractivity contribution in [3.63, 3.8) is 0 Å². The van der Waals surface area contributed by atoms with Crippen LogP contribution in [-0.2, 0) is 9.59 Å². The average molecular weight is 239 g/mol. The third kappa shape index (κ3) is 3.19. The molecule has 2 unspecified atom stereocenters. The van der Waals surface area contributed by atoms with Gasteiger partial charge in [-0.3, -0.25) is 14.5 Å². The summed E-state index contributed by atoms with van der Waals surface area (Å²) in [6, 6.07) is 0.395. The van der Waals surface area contributed by atoms with Gasteiger partial charge in [0.2, 0.25) is 11.8 Å². The average Bonchev–Trinajstić information content (AvgIpc) is 2.95. The van der Waals surface area contributed by atoms with E-state index in [2.05, 4.69) is 22.5 Å². The molecule has 2 amide bonds. The molecule has 17 heavy (non-hydrogen) atoms. The van der Waals surface area contributed by atoms with Crippen LogP contribution in [0.5, 0.6) is 0 Å². The molecule has 0 saturated carbocycles. The lowest BCUT2D eigenvalue weighted by atomic mass is 10.1. The van der Waals surface area contributed by atoms with Gasteiger partial charge in [0, 0.05) is 25.6 Å². The Labute approximate surface area is 102 Å². The van der Waals surface area contributed by atoms with Gasteiger partial charge in [0.05, 0.1) is 5.92 Å². The molecule has 5 nitrogen and oxygen atoms in total. The normalized spacial score (nSPS) is 26.9. The lowest BCUT2D eigenvalue weighted by molar-refractivity contribution is -0.126. The number of rotatable bonds is 4. The molecule has 2 heterocycles. The van der Waals surface area contributed by atoms with Crippen LogP contribution in [0.4, 0.5) is 0 Å². The van der Waals surface area contributed by atoms with Gasteiger partial charge >= 0.3 is 0 Å². The van der Waals surface area contributed by atoms with E-state index in [4.69, 9.17) is 0 Å². The highest BCUT2D eigenvalue weighted by Crippen LogP contribution is 2.12. The van der Waals surface area contributed by atoms with Crippen molar-refractivity contribution in [3.8, 4) is 0 Å². The number of amides is 2. The zero-order valence-electron chi connectivity index (χ0n) is 10.4. The molecule has 96 valence electrons. The molecule has 0 bridgehead atoms. The summed E-state index contributed by atoms with van der Waals surface area (Å²) in [5.41, 5.74) is 0. The Kier molecular flexibility index (Phi) is 3.99. The fraction of sp³-hybridized carbons (Fsp3) is 0.833. The molecular weight excluding hydrogens is 218 g/mol. The maximum Gasteiger partial charge on any atom is 0.225 e. The summed E-state index contributed by atoms with van der Waals surface area (Å²) in [5, 5.41) is 5.63. The van der Waals surface area contributed by atoms with Crippen LogP contribution in [0.15, 0.2) is 0 Å². The quantitative estimate of drug-likeness (QED) is 0.709. The topological polar surface area (TPSA) is 61.4 Å². The minimum Gasteiger partial charge on any atom is -0.355 e. The Morgan fingerprint density at radius 2 is 2.24 bits per heavy atom. The van der Waals surface area contributed by atoms with E-state index in [1.54, 1.807) is 0 Å². The Morgan fingerprint density at radius 1 is 1.53 bits per heavy atom. The molecule has 5 heteroatoms. The molecule has 2 rings (SSSR count). The molecule has 2 atom stereocenters. The highest BCUT2D eigenvalue weighted by Gasteiger charge is 2.28. The van der Waals surface area contributed by atoms with Crippen LogP contribution >= 0.6 is 0 Å². The summed E-state index contributed by atoms with van der Waals surface area (Å²) in [5.74, 6) is -0.180. The van der Waals surface area contributed by atoms with Gasteiger partial charge in [-0.1, -0.05) is 0 Å². The third-order valence-corrected chi connectivity index (χ3v) is 3.68. The minimum absolute atomic E-state index is 0.00870. The summed E-state index contributed by atoms with van der Waals surface area (Å²) < 4.78 is 0. The SMILES string of the molecule is CC(CNC(=O)C1CNC(=O)C1)N1CCCC1. The summed E-state index contributed by atoms with van der Waals surface area (Å²) in [4.78, 5) is 25.2. The van der Waals surface area contributed by atoms with Gasteiger partial charge in [-0.2, -0.15) is 0 Å². The van der Waals surface area contributed by atoms with Crippen LogP contribution in [-0.4, -0.2) is 48.9 Å². The van der Waals surface area contributed by atoms with Crippen LogP contribution in [0.25, 0.3) is 0 Å². The second-order valence-corrected chi connectivity index (χ2v) is 5.04. The first kappa shape index (κ1) is 12.4. The maximum atomic E-state index is 11.8. The van der Waals surface area contributed by atoms with Crippen molar-refractivity contribution in [2.24, 2.45) is 5.92 Å². The lowest BCUT2D eigenvalue weighted by Crippen LogP contribution is -2.42. The van der Waals surface area contributed by atoms with Crippen LogP contribution in [0.3, 0.4) is 0 Å². The van der Waals surface area contributed by atoms with Crippen molar-refractivity contribution in [1.29, 1.82) is 0 Å². The number of nitrogens with zero attached hydrogens (tertiary/aromatic N) is 1. The standard InChI is InChI=1S/C12H21N3O2/c1-9(15-4-2-3-5-15)7-14-12(17)10-6-11(16)13-8-10/h9-10H,2-8H2,1H3,(H,13,16)(H,14,17). The van der Waals surface area contributed by atoms with Gasteiger partial charge in [-0.15, -0.1) is 0 Å². The largest absolute Gasteiger partial charge is 0.355 e. The van der Waals surface area contributed by atoms with E-state index in [1.807, 2.05) is 0 Å². The number of carbonyl (C=O) groups excluding carboxylic acids is 2. The number of nitrogens with one attached hydrogen (secondary N) is 2. The first-order chi connectivity index (χ1) is 8.16. The van der Waals surface area contributed by atoms with Crippen LogP contribution in [0.2, 0.25) is 0 Å². The molecule has 2 fully saturated rings. The van der Waals surface area contributed by atoms with E-state index >= 15 is 0 Å². The Balaban J connectivity index is 1.70. The molecule has 0 spiro atoms. The van der Waals surface area contributed by atoms with Gasteiger partial charge in [-0.05, 0) is 32.9 Å². The molecule has 0 aromatic carbocycles. The van der Waals surface area contributed by atoms with Gasteiger partial charge in [-0.25, -0.2) is 0 Å². The van der Waals surface area contributed by atoms with E-state index in [-0.39, 0.29) is 17.7 Å². The second kappa shape index (κ2) is 5.49. The zero-order valence-corrected chi connectivity index (χ0v) is 10.4. The van der Waals surface area contributed by atoms with E-state index in [0.29, 0.717) is 25.6 Å². The molecule has 2 aliphatic rings. The van der Waals surface area contributed by atoms with Gasteiger partial charge in [0.25, 0.3) is 0 Å². The highest BCUT2D eigenvalue weighted by molar-refractivity contribution is 5.89. The summed E-state index contributed by atoms with van der Waals surface area (Å²) in [6.07, 6.45) is 2.86. The van der Waals surface area contributed by atoms with Crippen molar-refractivity contribution >= 4 is 11.8 Å². The molecule has 0 aromatic heterocycles. The molecular formula is C12H21N3O2. The van der Waals surface area contributed by atoms with Gasteiger partial charge < -0.3 is 10.6 Å². The second-order valence-electron chi connectivity index (χ2n) is 5.04. The first-order valence-corrected chi connectivity index (χ1v) is 6.45. The maximum absolute atomic E-state index is 11.8. The van der Waals surface area contributed by atoms with Gasteiger partial charge in [0.15, 0.2) is 0 Å². The monoisotopic (exact) mass is 239 g/mol. The number of carbonyl (C=O) groups is 2. The van der Waals surface area contributed by atoms with Crippen molar-refractivity contribution in [1.82, 2.24) is 15.5 Å². The van der Waals surface area contributed by atoms with Crippen molar-refractivity contribution in [3.05, 3.63) is 0 Å². The molecule has 0 radical (unpaired) electrons. The van der Waals surface area contributed by atoms with Crippen LogP contribution in [0, 0.1) is 5.92 Å². The number of likely N-dealkylation sites (tertiary alicyclic amines) is 1. The summed E-state index contributed by atoms with van der Waals surface area (Å²) in [6.45, 7) is 5.59. The van der Waals surface area contributed by atoms with Gasteiger partial charge in [0.1, 0.15) is 0 Å². The van der Waals surface area contributed by atoms with Crippen molar-refractivity contribution < 1.29 is 9.59 Å². The summed E-state index contributed by atoms with van der Waals surface area (Å²) >= 11 is 0. The molecule has 2 saturated heterocycles. The summed E-state index contributed by atoms with van der Waals surface area (Å²) in [7, 11) is 0. The lowest BCUT2D eigenvalue weighted by Gasteiger charge is -2.24. The Morgan fingerprint density at radius 3 is 2.82 bits per heavy atom. The van der Waals surface area contributed by atoms with Crippen LogP contribution < -0.4 is 10.6 Å². The predicted molar refractivity (Wildman–Crippen MR) is 64.4 cm³/mol.